The van der Waals surface area contributed by atoms with Gasteiger partial charge in [-0.2, -0.15) is 0 Å². The van der Waals surface area contributed by atoms with E-state index < -0.39 is 0 Å². The average Bonchev–Trinajstić information content (AvgIpc) is 3.37. The molecule has 0 aliphatic carbocycles. The Morgan fingerprint density at radius 2 is 1.87 bits per heavy atom. The SMILES string of the molecule is CN(C)C(=O)c1sc2ccccc2c1[C@@H]1CCN(C(=O)CCc2ccc(F)cc2)C1. The first-order valence-electron chi connectivity index (χ1n) is 10.2. The molecule has 2 heterocycles. The number of hydrogen-bond acceptors (Lipinski definition) is 3. The van der Waals surface area contributed by atoms with Gasteiger partial charge in [0.2, 0.25) is 5.91 Å². The molecule has 1 aliphatic rings. The van der Waals surface area contributed by atoms with Crippen LogP contribution in [0.1, 0.15) is 39.6 Å². The molecule has 1 saturated heterocycles. The van der Waals surface area contributed by atoms with Crippen LogP contribution in [0.5, 0.6) is 0 Å². The van der Waals surface area contributed by atoms with Crippen LogP contribution < -0.4 is 0 Å². The molecule has 0 radical (unpaired) electrons. The summed E-state index contributed by atoms with van der Waals surface area (Å²) in [6.45, 7) is 1.34. The summed E-state index contributed by atoms with van der Waals surface area (Å²) >= 11 is 1.54. The summed E-state index contributed by atoms with van der Waals surface area (Å²) < 4.78 is 14.2. The number of benzene rings is 2. The minimum Gasteiger partial charge on any atom is -0.344 e. The van der Waals surface area contributed by atoms with E-state index in [1.807, 2.05) is 17.0 Å². The van der Waals surface area contributed by atoms with Crippen LogP contribution in [0.15, 0.2) is 48.5 Å². The van der Waals surface area contributed by atoms with E-state index in [9.17, 15) is 14.0 Å². The Morgan fingerprint density at radius 3 is 2.60 bits per heavy atom. The number of fused-ring (bicyclic) bond motifs is 1. The summed E-state index contributed by atoms with van der Waals surface area (Å²) in [7, 11) is 3.55. The smallest absolute Gasteiger partial charge is 0.263 e. The molecule has 0 unspecified atom stereocenters. The molecule has 0 bridgehead atoms. The van der Waals surface area contributed by atoms with E-state index >= 15 is 0 Å². The van der Waals surface area contributed by atoms with Gasteiger partial charge < -0.3 is 9.80 Å². The van der Waals surface area contributed by atoms with Crippen molar-refractivity contribution in [2.24, 2.45) is 0 Å². The molecule has 2 amide bonds. The van der Waals surface area contributed by atoms with Gasteiger partial charge in [-0.15, -0.1) is 11.3 Å². The summed E-state index contributed by atoms with van der Waals surface area (Å²) in [6.07, 6.45) is 1.87. The molecule has 1 atom stereocenters. The lowest BCUT2D eigenvalue weighted by Crippen LogP contribution is -2.29. The molecule has 3 aromatic rings. The number of aryl methyl sites for hydroxylation is 1. The topological polar surface area (TPSA) is 40.6 Å². The van der Waals surface area contributed by atoms with Gasteiger partial charge in [0.25, 0.3) is 5.91 Å². The molecule has 1 aromatic heterocycles. The third kappa shape index (κ3) is 4.10. The number of rotatable bonds is 5. The highest BCUT2D eigenvalue weighted by molar-refractivity contribution is 7.21. The molecule has 1 aliphatic heterocycles. The predicted molar refractivity (Wildman–Crippen MR) is 119 cm³/mol. The van der Waals surface area contributed by atoms with Crippen LogP contribution in [-0.4, -0.2) is 48.8 Å². The van der Waals surface area contributed by atoms with Gasteiger partial charge in [-0.1, -0.05) is 30.3 Å². The zero-order valence-corrected chi connectivity index (χ0v) is 18.0. The van der Waals surface area contributed by atoms with E-state index in [4.69, 9.17) is 0 Å². The highest BCUT2D eigenvalue weighted by Crippen LogP contribution is 2.40. The molecule has 4 nitrogen and oxygen atoms in total. The van der Waals surface area contributed by atoms with Crippen LogP contribution in [0.4, 0.5) is 4.39 Å². The first-order chi connectivity index (χ1) is 14.4. The third-order valence-electron chi connectivity index (χ3n) is 5.72. The molecule has 6 heteroatoms. The van der Waals surface area contributed by atoms with Gasteiger partial charge in [0.15, 0.2) is 0 Å². The fourth-order valence-corrected chi connectivity index (χ4v) is 5.43. The Morgan fingerprint density at radius 1 is 1.13 bits per heavy atom. The van der Waals surface area contributed by atoms with Crippen molar-refractivity contribution in [3.8, 4) is 0 Å². The van der Waals surface area contributed by atoms with Crippen molar-refractivity contribution < 1.29 is 14.0 Å². The number of halogens is 1. The molecule has 2 aromatic carbocycles. The van der Waals surface area contributed by atoms with Crippen LogP contribution in [0.3, 0.4) is 0 Å². The first-order valence-corrected chi connectivity index (χ1v) is 11.0. The van der Waals surface area contributed by atoms with Crippen molar-refractivity contribution in [3.05, 3.63) is 70.4 Å². The maximum absolute atomic E-state index is 13.1. The third-order valence-corrected chi connectivity index (χ3v) is 6.90. The summed E-state index contributed by atoms with van der Waals surface area (Å²) in [5.41, 5.74) is 2.05. The number of amides is 2. The summed E-state index contributed by atoms with van der Waals surface area (Å²) in [5, 5.41) is 1.12. The Balaban J connectivity index is 1.50. The maximum Gasteiger partial charge on any atom is 0.263 e. The lowest BCUT2D eigenvalue weighted by Gasteiger charge is -2.18. The lowest BCUT2D eigenvalue weighted by atomic mass is 9.95. The Kier molecular flexibility index (Phi) is 5.86. The number of nitrogens with zero attached hydrogens (tertiary/aromatic N) is 2. The maximum atomic E-state index is 13.1. The lowest BCUT2D eigenvalue weighted by molar-refractivity contribution is -0.130. The van der Waals surface area contributed by atoms with Crippen LogP contribution in [-0.2, 0) is 11.2 Å². The van der Waals surface area contributed by atoms with E-state index in [1.165, 1.54) is 12.1 Å². The highest BCUT2D eigenvalue weighted by Gasteiger charge is 2.32. The Bertz CT molecular complexity index is 1070. The summed E-state index contributed by atoms with van der Waals surface area (Å²) in [5.74, 6) is 0.0301. The Labute approximate surface area is 179 Å². The number of carbonyl (C=O) groups is 2. The summed E-state index contributed by atoms with van der Waals surface area (Å²) in [6, 6.07) is 14.4. The zero-order chi connectivity index (χ0) is 21.3. The van der Waals surface area contributed by atoms with Gasteiger partial charge >= 0.3 is 0 Å². The van der Waals surface area contributed by atoms with Gasteiger partial charge in [0.1, 0.15) is 5.82 Å². The second-order valence-electron chi connectivity index (χ2n) is 7.99. The van der Waals surface area contributed by atoms with E-state index in [2.05, 4.69) is 12.1 Å². The number of carbonyl (C=O) groups excluding carboxylic acids is 2. The van der Waals surface area contributed by atoms with Gasteiger partial charge in [-0.25, -0.2) is 4.39 Å². The average molecular weight is 425 g/mol. The van der Waals surface area contributed by atoms with E-state index in [1.54, 1.807) is 42.5 Å². The van der Waals surface area contributed by atoms with Gasteiger partial charge in [-0.3, -0.25) is 9.59 Å². The van der Waals surface area contributed by atoms with Crippen molar-refractivity contribution in [1.29, 1.82) is 0 Å². The molecule has 1 fully saturated rings. The van der Waals surface area contributed by atoms with Gasteiger partial charge in [-0.05, 0) is 47.6 Å². The number of likely N-dealkylation sites (tertiary alicyclic amines) is 1. The van der Waals surface area contributed by atoms with E-state index in [-0.39, 0.29) is 23.5 Å². The Hall–Kier alpha value is -2.73. The highest BCUT2D eigenvalue weighted by atomic mass is 32.1. The molecule has 0 N–H and O–H groups in total. The predicted octanol–water partition coefficient (Wildman–Crippen LogP) is 4.69. The molecule has 0 spiro atoms. The van der Waals surface area contributed by atoms with Gasteiger partial charge in [0, 0.05) is 44.2 Å². The van der Waals surface area contributed by atoms with Crippen molar-refractivity contribution in [1.82, 2.24) is 9.80 Å². The standard InChI is InChI=1S/C24H25FN2O2S/c1-26(2)24(29)23-22(19-5-3-4-6-20(19)30-23)17-13-14-27(15-17)21(28)12-9-16-7-10-18(25)11-8-16/h3-8,10-11,17H,9,12-15H2,1-2H3/t17-/m1/s1. The molecular formula is C24H25FN2O2S. The monoisotopic (exact) mass is 424 g/mol. The molecule has 0 saturated carbocycles. The molecule has 30 heavy (non-hydrogen) atoms. The largest absolute Gasteiger partial charge is 0.344 e. The van der Waals surface area contributed by atoms with Crippen molar-refractivity contribution in [3.63, 3.8) is 0 Å². The number of hydrogen-bond donors (Lipinski definition) is 0. The van der Waals surface area contributed by atoms with Crippen LogP contribution in [0.2, 0.25) is 0 Å². The summed E-state index contributed by atoms with van der Waals surface area (Å²) in [4.78, 5) is 29.9. The van der Waals surface area contributed by atoms with Gasteiger partial charge in [0.05, 0.1) is 4.88 Å². The normalized spacial score (nSPS) is 16.2. The second-order valence-corrected chi connectivity index (χ2v) is 9.04. The first kappa shape index (κ1) is 20.5. The number of thiophene rings is 1. The van der Waals surface area contributed by atoms with Crippen LogP contribution in [0, 0.1) is 5.82 Å². The van der Waals surface area contributed by atoms with Crippen LogP contribution >= 0.6 is 11.3 Å². The fraction of sp³-hybridized carbons (Fsp3) is 0.333. The molecule has 156 valence electrons. The minimum atomic E-state index is -0.265. The zero-order valence-electron chi connectivity index (χ0n) is 17.2. The van der Waals surface area contributed by atoms with Crippen molar-refractivity contribution in [2.45, 2.75) is 25.2 Å². The quantitative estimate of drug-likeness (QED) is 0.596. The van der Waals surface area contributed by atoms with E-state index in [0.717, 1.165) is 32.5 Å². The second kappa shape index (κ2) is 8.56. The molecule has 4 rings (SSSR count). The fourth-order valence-electron chi connectivity index (χ4n) is 4.12. The minimum absolute atomic E-state index is 0.0206. The molecular weight excluding hydrogens is 399 g/mol. The van der Waals surface area contributed by atoms with Crippen molar-refractivity contribution >= 4 is 33.2 Å². The van der Waals surface area contributed by atoms with Crippen LogP contribution in [0.25, 0.3) is 10.1 Å². The van der Waals surface area contributed by atoms with E-state index in [0.29, 0.717) is 25.9 Å². The van der Waals surface area contributed by atoms with Crippen molar-refractivity contribution in [2.75, 3.05) is 27.2 Å².